The van der Waals surface area contributed by atoms with E-state index in [4.69, 9.17) is 5.73 Å². The minimum atomic E-state index is -0.637. The van der Waals surface area contributed by atoms with Gasteiger partial charge in [-0.2, -0.15) is 5.10 Å². The lowest BCUT2D eigenvalue weighted by Gasteiger charge is -2.20. The van der Waals surface area contributed by atoms with Gasteiger partial charge in [-0.1, -0.05) is 24.3 Å². The largest absolute Gasteiger partial charge is 0.368 e. The summed E-state index contributed by atoms with van der Waals surface area (Å²) in [4.78, 5) is 27.5. The number of nitrogens with two attached hydrogens (primary N) is 1. The van der Waals surface area contributed by atoms with E-state index >= 15 is 0 Å². The molecule has 2 aromatic rings. The van der Waals surface area contributed by atoms with E-state index in [1.54, 1.807) is 21.2 Å². The van der Waals surface area contributed by atoms with Crippen LogP contribution in [0.25, 0.3) is 0 Å². The fourth-order valence-electron chi connectivity index (χ4n) is 2.78. The third-order valence-electron chi connectivity index (χ3n) is 4.10. The van der Waals surface area contributed by atoms with Crippen LogP contribution >= 0.6 is 11.3 Å². The fraction of sp³-hybridized carbons (Fsp3) is 0.278. The summed E-state index contributed by atoms with van der Waals surface area (Å²) >= 11 is 1.61. The Morgan fingerprint density at radius 3 is 2.64 bits per heavy atom. The smallest absolute Gasteiger partial charge is 0.270 e. The zero-order valence-corrected chi connectivity index (χ0v) is 14.8. The Balaban J connectivity index is 1.83. The number of rotatable bonds is 6. The molecule has 0 unspecified atom stereocenters. The van der Waals surface area contributed by atoms with Gasteiger partial charge in [-0.25, -0.2) is 0 Å². The maximum atomic E-state index is 12.9. The van der Waals surface area contributed by atoms with Crippen molar-refractivity contribution in [1.82, 2.24) is 4.90 Å². The molecule has 1 aliphatic rings. The molecular weight excluding hydrogens is 336 g/mol. The van der Waals surface area contributed by atoms with Crippen molar-refractivity contribution in [2.75, 3.05) is 11.6 Å². The highest BCUT2D eigenvalue weighted by Gasteiger charge is 2.36. The van der Waals surface area contributed by atoms with Gasteiger partial charge >= 0.3 is 0 Å². The average molecular weight is 356 g/mol. The molecule has 130 valence electrons. The number of para-hydroxylation sites is 1. The summed E-state index contributed by atoms with van der Waals surface area (Å²) in [6, 6.07) is 12.6. The van der Waals surface area contributed by atoms with Crippen LogP contribution in [0.5, 0.6) is 0 Å². The predicted octanol–water partition coefficient (Wildman–Crippen LogP) is 2.22. The van der Waals surface area contributed by atoms with Gasteiger partial charge in [0.25, 0.3) is 5.91 Å². The van der Waals surface area contributed by atoms with Crippen molar-refractivity contribution < 1.29 is 9.59 Å². The molecule has 0 spiro atoms. The number of hydrogen-bond donors (Lipinski definition) is 1. The molecule has 2 heterocycles. The maximum absolute atomic E-state index is 12.9. The van der Waals surface area contributed by atoms with Gasteiger partial charge in [0.2, 0.25) is 5.91 Å². The molecule has 0 bridgehead atoms. The standard InChI is InChI=1S/C18H20N4O2S/c1-2-21(12-14-9-6-10-25-14)18(24)15-11-16(17(19)23)22(20-15)13-7-4-3-5-8-13/h3-10,16H,2,11-12H2,1H3,(H2,19,23)/t16-/m1/s1. The van der Waals surface area contributed by atoms with E-state index in [0.717, 1.165) is 10.6 Å². The molecule has 1 aromatic carbocycles. The van der Waals surface area contributed by atoms with Crippen molar-refractivity contribution in [2.24, 2.45) is 10.8 Å². The summed E-state index contributed by atoms with van der Waals surface area (Å²) < 4.78 is 0. The van der Waals surface area contributed by atoms with Gasteiger partial charge in [0.1, 0.15) is 11.8 Å². The van der Waals surface area contributed by atoms with E-state index in [-0.39, 0.29) is 12.3 Å². The Kier molecular flexibility index (Phi) is 5.14. The van der Waals surface area contributed by atoms with Crippen molar-refractivity contribution in [1.29, 1.82) is 0 Å². The predicted molar refractivity (Wildman–Crippen MR) is 99.4 cm³/mol. The molecule has 7 heteroatoms. The molecular formula is C18H20N4O2S. The Morgan fingerprint density at radius 1 is 1.28 bits per heavy atom. The summed E-state index contributed by atoms with van der Waals surface area (Å²) in [6.45, 7) is 3.04. The van der Waals surface area contributed by atoms with Crippen LogP contribution in [-0.4, -0.2) is 35.0 Å². The SMILES string of the molecule is CCN(Cc1cccs1)C(=O)C1=NN(c2ccccc2)[C@@H](C(N)=O)C1. The number of thiophene rings is 1. The molecule has 0 radical (unpaired) electrons. The van der Waals surface area contributed by atoms with Gasteiger partial charge in [-0.05, 0) is 30.5 Å². The molecule has 1 atom stereocenters. The van der Waals surface area contributed by atoms with E-state index < -0.39 is 11.9 Å². The third-order valence-corrected chi connectivity index (χ3v) is 4.96. The van der Waals surface area contributed by atoms with Gasteiger partial charge < -0.3 is 10.6 Å². The molecule has 2 N–H and O–H groups in total. The van der Waals surface area contributed by atoms with E-state index in [0.29, 0.717) is 18.8 Å². The Morgan fingerprint density at radius 2 is 2.04 bits per heavy atom. The number of carbonyl (C=O) groups excluding carboxylic acids is 2. The number of amides is 2. The first-order chi connectivity index (χ1) is 12.1. The number of hydrazone groups is 1. The molecule has 0 aliphatic carbocycles. The normalized spacial score (nSPS) is 16.6. The number of benzene rings is 1. The van der Waals surface area contributed by atoms with Gasteiger partial charge in [-0.15, -0.1) is 11.3 Å². The molecule has 25 heavy (non-hydrogen) atoms. The number of nitrogens with zero attached hydrogens (tertiary/aromatic N) is 3. The molecule has 0 fully saturated rings. The van der Waals surface area contributed by atoms with Gasteiger partial charge in [-0.3, -0.25) is 14.6 Å². The summed E-state index contributed by atoms with van der Waals surface area (Å²) in [5.41, 5.74) is 6.64. The van der Waals surface area contributed by atoms with Crippen LogP contribution in [0.4, 0.5) is 5.69 Å². The lowest BCUT2D eigenvalue weighted by atomic mass is 10.1. The quantitative estimate of drug-likeness (QED) is 0.862. The second-order valence-corrected chi connectivity index (χ2v) is 6.78. The number of primary amides is 1. The van der Waals surface area contributed by atoms with E-state index in [1.165, 1.54) is 0 Å². The van der Waals surface area contributed by atoms with E-state index in [2.05, 4.69) is 5.10 Å². The van der Waals surface area contributed by atoms with Crippen molar-refractivity contribution in [3.05, 3.63) is 52.7 Å². The first kappa shape index (κ1) is 17.2. The fourth-order valence-corrected chi connectivity index (χ4v) is 3.50. The van der Waals surface area contributed by atoms with E-state index in [9.17, 15) is 9.59 Å². The van der Waals surface area contributed by atoms with Gasteiger partial charge in [0.05, 0.1) is 12.2 Å². The molecule has 1 aliphatic heterocycles. The van der Waals surface area contributed by atoms with Crippen LogP contribution in [0.3, 0.4) is 0 Å². The summed E-state index contributed by atoms with van der Waals surface area (Å²) in [6.07, 6.45) is 0.226. The molecule has 3 rings (SSSR count). The lowest BCUT2D eigenvalue weighted by Crippen LogP contribution is -2.40. The van der Waals surface area contributed by atoms with Crippen molar-refractivity contribution in [2.45, 2.75) is 25.9 Å². The molecule has 0 saturated heterocycles. The summed E-state index contributed by atoms with van der Waals surface area (Å²) in [5, 5.41) is 7.96. The zero-order chi connectivity index (χ0) is 17.8. The number of carbonyl (C=O) groups is 2. The Bertz CT molecular complexity index is 774. The second kappa shape index (κ2) is 7.48. The summed E-state index contributed by atoms with van der Waals surface area (Å²) in [5.74, 6) is -0.641. The second-order valence-electron chi connectivity index (χ2n) is 5.75. The van der Waals surface area contributed by atoms with Crippen LogP contribution in [0.2, 0.25) is 0 Å². The molecule has 2 amide bonds. The van der Waals surface area contributed by atoms with Crippen LogP contribution in [0, 0.1) is 0 Å². The maximum Gasteiger partial charge on any atom is 0.270 e. The monoisotopic (exact) mass is 356 g/mol. The molecule has 1 aromatic heterocycles. The van der Waals surface area contributed by atoms with Crippen LogP contribution in [-0.2, 0) is 16.1 Å². The van der Waals surface area contributed by atoms with Gasteiger partial charge in [0.15, 0.2) is 0 Å². The van der Waals surface area contributed by atoms with Crippen LogP contribution in [0.1, 0.15) is 18.2 Å². The lowest BCUT2D eigenvalue weighted by molar-refractivity contribution is -0.124. The van der Waals surface area contributed by atoms with Crippen molar-refractivity contribution in [3.63, 3.8) is 0 Å². The highest BCUT2D eigenvalue weighted by molar-refractivity contribution is 7.09. The number of anilines is 1. The van der Waals surface area contributed by atoms with Crippen molar-refractivity contribution >= 4 is 34.6 Å². The van der Waals surface area contributed by atoms with Crippen LogP contribution in [0.15, 0.2) is 52.9 Å². The van der Waals surface area contributed by atoms with E-state index in [1.807, 2.05) is 54.8 Å². The minimum absolute atomic E-state index is 0.152. The van der Waals surface area contributed by atoms with Crippen LogP contribution < -0.4 is 10.7 Å². The Labute approximate surface area is 150 Å². The number of hydrogen-bond acceptors (Lipinski definition) is 5. The highest BCUT2D eigenvalue weighted by Crippen LogP contribution is 2.25. The average Bonchev–Trinajstić information content (AvgIpc) is 3.29. The van der Waals surface area contributed by atoms with Gasteiger partial charge in [0, 0.05) is 17.8 Å². The molecule has 0 saturated carbocycles. The molecule has 6 nitrogen and oxygen atoms in total. The first-order valence-electron chi connectivity index (χ1n) is 8.13. The summed E-state index contributed by atoms with van der Waals surface area (Å²) in [7, 11) is 0. The highest BCUT2D eigenvalue weighted by atomic mass is 32.1. The minimum Gasteiger partial charge on any atom is -0.368 e. The first-order valence-corrected chi connectivity index (χ1v) is 9.01. The third kappa shape index (κ3) is 3.71. The zero-order valence-electron chi connectivity index (χ0n) is 14.0. The Hall–Kier alpha value is -2.67. The topological polar surface area (TPSA) is 79.0 Å². The van der Waals surface area contributed by atoms with Crippen molar-refractivity contribution in [3.8, 4) is 0 Å².